The van der Waals surface area contributed by atoms with Crippen molar-refractivity contribution in [1.82, 2.24) is 5.32 Å². The lowest BCUT2D eigenvalue weighted by molar-refractivity contribution is -0.359. The van der Waals surface area contributed by atoms with Crippen LogP contribution < -0.4 is 5.32 Å². The molecule has 410 valence electrons. The molecular formula is C55H107NO13. The molecule has 1 amide bonds. The zero-order valence-electron chi connectivity index (χ0n) is 43.8. The van der Waals surface area contributed by atoms with Crippen LogP contribution in [0.4, 0.5) is 0 Å². The highest BCUT2D eigenvalue weighted by Gasteiger charge is 2.51. The van der Waals surface area contributed by atoms with Crippen LogP contribution in [-0.2, 0) is 23.7 Å². The van der Waals surface area contributed by atoms with Gasteiger partial charge in [-0.05, 0) is 12.8 Å². The summed E-state index contributed by atoms with van der Waals surface area (Å²) in [6.45, 7) is 2.89. The molecule has 12 unspecified atom stereocenters. The van der Waals surface area contributed by atoms with Crippen LogP contribution in [0, 0.1) is 0 Å². The predicted molar refractivity (Wildman–Crippen MR) is 272 cm³/mol. The van der Waals surface area contributed by atoms with E-state index in [1.54, 1.807) is 0 Å². The molecule has 12 atom stereocenters. The van der Waals surface area contributed by atoms with E-state index in [4.69, 9.17) is 18.9 Å². The second-order valence-electron chi connectivity index (χ2n) is 20.8. The fourth-order valence-electron chi connectivity index (χ4n) is 9.89. The molecule has 14 nitrogen and oxygen atoms in total. The lowest BCUT2D eigenvalue weighted by atomic mass is 9.97. The molecule has 0 saturated carbocycles. The van der Waals surface area contributed by atoms with E-state index < -0.39 is 86.8 Å². The average Bonchev–Trinajstić information content (AvgIpc) is 3.35. The van der Waals surface area contributed by atoms with Crippen LogP contribution in [0.1, 0.15) is 251 Å². The van der Waals surface area contributed by atoms with Crippen LogP contribution in [0.5, 0.6) is 0 Å². The van der Waals surface area contributed by atoms with Crippen molar-refractivity contribution in [2.75, 3.05) is 19.8 Å². The average molecular weight is 990 g/mol. The molecule has 2 aliphatic heterocycles. The molecule has 69 heavy (non-hydrogen) atoms. The van der Waals surface area contributed by atoms with E-state index in [1.807, 2.05) is 0 Å². The number of hydrogen-bond acceptors (Lipinski definition) is 13. The van der Waals surface area contributed by atoms with Gasteiger partial charge in [0, 0.05) is 6.42 Å². The summed E-state index contributed by atoms with van der Waals surface area (Å²) in [5.74, 6) is -0.201. The second-order valence-corrected chi connectivity index (χ2v) is 20.8. The van der Waals surface area contributed by atoms with Gasteiger partial charge >= 0.3 is 0 Å². The Labute approximate surface area is 419 Å². The van der Waals surface area contributed by atoms with Gasteiger partial charge in [0.25, 0.3) is 0 Å². The zero-order valence-corrected chi connectivity index (χ0v) is 43.8. The molecule has 9 N–H and O–H groups in total. The molecule has 2 aliphatic rings. The SMILES string of the molecule is CCCCCCCCCCCCCCCCCCCCC(O)C(COC1OC(CO)C(OC2OC(CO)C(O)C(O)C2O)C(O)C1O)NC(=O)CCCCCCCCCCCCCCCCCCC. The smallest absolute Gasteiger partial charge is 0.220 e. The van der Waals surface area contributed by atoms with Crippen LogP contribution in [-0.4, -0.2) is 140 Å². The molecule has 0 aromatic rings. The van der Waals surface area contributed by atoms with Gasteiger partial charge in [0.2, 0.25) is 5.91 Å². The normalized spacial score (nSPS) is 26.1. The highest BCUT2D eigenvalue weighted by Crippen LogP contribution is 2.30. The molecule has 0 aromatic heterocycles. The highest BCUT2D eigenvalue weighted by atomic mass is 16.7. The summed E-state index contributed by atoms with van der Waals surface area (Å²) in [6, 6.07) is -0.822. The minimum Gasteiger partial charge on any atom is -0.394 e. The number of amides is 1. The molecule has 2 heterocycles. The Kier molecular flexibility index (Phi) is 39.4. The summed E-state index contributed by atoms with van der Waals surface area (Å²) in [5.41, 5.74) is 0. The number of rotatable bonds is 46. The summed E-state index contributed by atoms with van der Waals surface area (Å²) < 4.78 is 22.8. The highest BCUT2D eigenvalue weighted by molar-refractivity contribution is 5.76. The van der Waals surface area contributed by atoms with E-state index >= 15 is 0 Å². The summed E-state index contributed by atoms with van der Waals surface area (Å²) in [7, 11) is 0. The van der Waals surface area contributed by atoms with Crippen molar-refractivity contribution in [1.29, 1.82) is 0 Å². The van der Waals surface area contributed by atoms with Crippen LogP contribution in [0.2, 0.25) is 0 Å². The van der Waals surface area contributed by atoms with Gasteiger partial charge in [-0.3, -0.25) is 4.79 Å². The summed E-state index contributed by atoms with van der Waals surface area (Å²) in [5, 5.41) is 87.2. The molecule has 0 aliphatic carbocycles. The van der Waals surface area contributed by atoms with Gasteiger partial charge in [0.1, 0.15) is 48.8 Å². The number of aliphatic hydroxyl groups excluding tert-OH is 8. The number of carbonyl (C=O) groups excluding carboxylic acids is 1. The maximum atomic E-state index is 13.2. The molecule has 2 saturated heterocycles. The van der Waals surface area contributed by atoms with E-state index in [2.05, 4.69) is 19.2 Å². The quantitative estimate of drug-likeness (QED) is 0.0260. The first kappa shape index (κ1) is 64.1. The van der Waals surface area contributed by atoms with Gasteiger partial charge in [-0.25, -0.2) is 0 Å². The Hall–Kier alpha value is -1.01. The standard InChI is InChI=1S/C55H107NO13/c1-3-5-7-9-11-13-15-17-19-21-23-24-26-28-30-32-34-36-38-44(59)43(56-47(60)39-37-35-33-31-29-27-25-22-20-18-16-14-12-10-8-6-4-2)42-66-54-52(65)50(63)53(46(41-58)68-54)69-55-51(64)49(62)48(61)45(40-57)67-55/h43-46,48-55,57-59,61-65H,3-42H2,1-2H3,(H,56,60). The van der Waals surface area contributed by atoms with Crippen LogP contribution in [0.25, 0.3) is 0 Å². The van der Waals surface area contributed by atoms with E-state index in [1.165, 1.54) is 173 Å². The lowest BCUT2D eigenvalue weighted by Gasteiger charge is -2.46. The fourth-order valence-corrected chi connectivity index (χ4v) is 9.89. The minimum absolute atomic E-state index is 0.201. The minimum atomic E-state index is -1.78. The monoisotopic (exact) mass is 990 g/mol. The van der Waals surface area contributed by atoms with Gasteiger partial charge in [-0.2, -0.15) is 0 Å². The summed E-state index contributed by atoms with van der Waals surface area (Å²) in [6.07, 6.45) is 28.1. The molecule has 2 fully saturated rings. The van der Waals surface area contributed by atoms with Gasteiger partial charge in [0.05, 0.1) is 32.0 Å². The van der Waals surface area contributed by atoms with Crippen molar-refractivity contribution >= 4 is 5.91 Å². The van der Waals surface area contributed by atoms with Crippen molar-refractivity contribution in [2.45, 2.75) is 325 Å². The Balaban J connectivity index is 1.77. The number of ether oxygens (including phenoxy) is 4. The third kappa shape index (κ3) is 28.9. The van der Waals surface area contributed by atoms with E-state index in [9.17, 15) is 45.6 Å². The van der Waals surface area contributed by atoms with Gasteiger partial charge in [-0.1, -0.05) is 232 Å². The summed E-state index contributed by atoms with van der Waals surface area (Å²) >= 11 is 0. The Morgan fingerprint density at radius 2 is 0.826 bits per heavy atom. The molecule has 0 radical (unpaired) electrons. The fraction of sp³-hybridized carbons (Fsp3) is 0.982. The first-order chi connectivity index (χ1) is 33.6. The predicted octanol–water partition coefficient (Wildman–Crippen LogP) is 8.95. The molecule has 14 heteroatoms. The Bertz CT molecular complexity index is 1170. The van der Waals surface area contributed by atoms with E-state index in [0.29, 0.717) is 12.8 Å². The summed E-state index contributed by atoms with van der Waals surface area (Å²) in [4.78, 5) is 13.2. The number of aliphatic hydroxyl groups is 8. The maximum Gasteiger partial charge on any atom is 0.220 e. The van der Waals surface area contributed by atoms with Crippen molar-refractivity contribution in [3.05, 3.63) is 0 Å². The van der Waals surface area contributed by atoms with Crippen molar-refractivity contribution in [2.24, 2.45) is 0 Å². The van der Waals surface area contributed by atoms with Crippen molar-refractivity contribution < 1.29 is 64.6 Å². The number of carbonyl (C=O) groups is 1. The van der Waals surface area contributed by atoms with Gasteiger partial charge < -0.3 is 65.1 Å². The molecular weight excluding hydrogens is 883 g/mol. The topological polar surface area (TPSA) is 228 Å². The van der Waals surface area contributed by atoms with E-state index in [0.717, 1.165) is 51.4 Å². The number of hydrogen-bond donors (Lipinski definition) is 9. The third-order valence-corrected chi connectivity index (χ3v) is 14.6. The van der Waals surface area contributed by atoms with Crippen molar-refractivity contribution in [3.63, 3.8) is 0 Å². The molecule has 0 spiro atoms. The first-order valence-corrected chi connectivity index (χ1v) is 28.8. The Morgan fingerprint density at radius 1 is 0.464 bits per heavy atom. The maximum absolute atomic E-state index is 13.2. The van der Waals surface area contributed by atoms with E-state index in [-0.39, 0.29) is 12.5 Å². The van der Waals surface area contributed by atoms with Gasteiger partial charge in [0.15, 0.2) is 12.6 Å². The molecule has 0 bridgehead atoms. The van der Waals surface area contributed by atoms with Crippen LogP contribution in [0.3, 0.4) is 0 Å². The largest absolute Gasteiger partial charge is 0.394 e. The third-order valence-electron chi connectivity index (χ3n) is 14.6. The zero-order chi connectivity index (χ0) is 50.3. The lowest BCUT2D eigenvalue weighted by Crippen LogP contribution is -2.65. The number of unbranched alkanes of at least 4 members (excludes halogenated alkanes) is 33. The molecule has 0 aromatic carbocycles. The molecule has 2 rings (SSSR count). The van der Waals surface area contributed by atoms with Crippen LogP contribution in [0.15, 0.2) is 0 Å². The van der Waals surface area contributed by atoms with Gasteiger partial charge in [-0.15, -0.1) is 0 Å². The second kappa shape index (κ2) is 42.4. The first-order valence-electron chi connectivity index (χ1n) is 28.8. The Morgan fingerprint density at radius 3 is 1.23 bits per heavy atom. The van der Waals surface area contributed by atoms with Crippen molar-refractivity contribution in [3.8, 4) is 0 Å². The van der Waals surface area contributed by atoms with Crippen LogP contribution >= 0.6 is 0 Å². The number of nitrogens with one attached hydrogen (secondary N) is 1.